The highest BCUT2D eigenvalue weighted by Gasteiger charge is 2.16. The summed E-state index contributed by atoms with van der Waals surface area (Å²) in [6.45, 7) is 9.66. The van der Waals surface area contributed by atoms with Crippen molar-refractivity contribution in [3.8, 4) is 11.1 Å². The van der Waals surface area contributed by atoms with E-state index in [9.17, 15) is 4.39 Å². The van der Waals surface area contributed by atoms with Crippen LogP contribution in [0.2, 0.25) is 0 Å². The Labute approximate surface area is 107 Å². The summed E-state index contributed by atoms with van der Waals surface area (Å²) >= 11 is 0. The van der Waals surface area contributed by atoms with Crippen molar-refractivity contribution < 1.29 is 8.91 Å². The van der Waals surface area contributed by atoms with Gasteiger partial charge >= 0.3 is 0 Å². The molecule has 96 valence electrons. The number of aryl methyl sites for hydroxylation is 3. The first-order chi connectivity index (χ1) is 8.41. The molecule has 0 unspecified atom stereocenters. The van der Waals surface area contributed by atoms with E-state index in [0.29, 0.717) is 0 Å². The Bertz CT molecular complexity index is 542. The second-order valence-corrected chi connectivity index (χ2v) is 5.04. The Balaban J connectivity index is 2.62. The van der Waals surface area contributed by atoms with Gasteiger partial charge in [0.15, 0.2) is 0 Å². The van der Waals surface area contributed by atoms with Crippen molar-refractivity contribution in [2.45, 2.75) is 40.5 Å². The highest BCUT2D eigenvalue weighted by Crippen LogP contribution is 2.32. The van der Waals surface area contributed by atoms with Crippen molar-refractivity contribution in [2.75, 3.05) is 0 Å². The molecule has 0 amide bonds. The van der Waals surface area contributed by atoms with E-state index >= 15 is 0 Å². The quantitative estimate of drug-likeness (QED) is 0.779. The van der Waals surface area contributed by atoms with Crippen LogP contribution in [0.25, 0.3) is 11.1 Å². The molecule has 18 heavy (non-hydrogen) atoms. The fourth-order valence-corrected chi connectivity index (χ4v) is 2.53. The average molecular weight is 247 g/mol. The van der Waals surface area contributed by atoms with Gasteiger partial charge in [0.2, 0.25) is 0 Å². The van der Waals surface area contributed by atoms with Crippen molar-refractivity contribution in [3.63, 3.8) is 0 Å². The topological polar surface area (TPSA) is 26.0 Å². The minimum Gasteiger partial charge on any atom is -0.361 e. The zero-order chi connectivity index (χ0) is 13.4. The number of nitrogens with zero attached hydrogens (tertiary/aromatic N) is 1. The van der Waals surface area contributed by atoms with Crippen molar-refractivity contribution in [3.05, 3.63) is 40.5 Å². The summed E-state index contributed by atoms with van der Waals surface area (Å²) in [7, 11) is 0. The van der Waals surface area contributed by atoms with Gasteiger partial charge in [-0.25, -0.2) is 4.39 Å². The van der Waals surface area contributed by atoms with Gasteiger partial charge in [0, 0.05) is 5.56 Å². The van der Waals surface area contributed by atoms with Crippen LogP contribution in [0.4, 0.5) is 4.39 Å². The Morgan fingerprint density at radius 3 is 2.28 bits per heavy atom. The molecule has 1 aromatic carbocycles. The Hall–Kier alpha value is -1.64. The minimum atomic E-state index is -0.153. The van der Waals surface area contributed by atoms with Crippen LogP contribution in [-0.2, 0) is 0 Å². The summed E-state index contributed by atoms with van der Waals surface area (Å²) in [5.74, 6) is 0.757. The molecular formula is C15H18FNO. The molecule has 1 heterocycles. The molecule has 0 aliphatic heterocycles. The van der Waals surface area contributed by atoms with Crippen LogP contribution in [0.15, 0.2) is 16.7 Å². The van der Waals surface area contributed by atoms with Crippen LogP contribution in [0, 0.1) is 26.6 Å². The first-order valence-corrected chi connectivity index (χ1v) is 6.15. The molecule has 0 aliphatic carbocycles. The maximum Gasteiger partial charge on any atom is 0.141 e. The monoisotopic (exact) mass is 247 g/mol. The van der Waals surface area contributed by atoms with E-state index in [1.54, 1.807) is 6.07 Å². The second kappa shape index (κ2) is 4.56. The van der Waals surface area contributed by atoms with E-state index in [4.69, 9.17) is 4.52 Å². The zero-order valence-corrected chi connectivity index (χ0v) is 11.5. The number of halogens is 1. The summed E-state index contributed by atoms with van der Waals surface area (Å²) in [6.07, 6.45) is 0. The van der Waals surface area contributed by atoms with Crippen LogP contribution in [0.3, 0.4) is 0 Å². The lowest BCUT2D eigenvalue weighted by Crippen LogP contribution is -1.98. The maximum atomic E-state index is 14.2. The van der Waals surface area contributed by atoms with E-state index < -0.39 is 0 Å². The summed E-state index contributed by atoms with van der Waals surface area (Å²) in [5.41, 5.74) is 4.28. The van der Waals surface area contributed by atoms with Gasteiger partial charge in [-0.2, -0.15) is 0 Å². The molecule has 2 nitrogen and oxygen atoms in total. The fraction of sp³-hybridized carbons (Fsp3) is 0.400. The summed E-state index contributed by atoms with van der Waals surface area (Å²) < 4.78 is 19.3. The van der Waals surface area contributed by atoms with Crippen LogP contribution >= 0.6 is 0 Å². The highest BCUT2D eigenvalue weighted by molar-refractivity contribution is 5.69. The second-order valence-electron chi connectivity index (χ2n) is 5.04. The molecule has 0 saturated heterocycles. The number of rotatable bonds is 2. The third kappa shape index (κ3) is 2.05. The normalized spacial score (nSPS) is 11.3. The van der Waals surface area contributed by atoms with Gasteiger partial charge in [0.1, 0.15) is 11.6 Å². The molecule has 3 heteroatoms. The molecule has 2 rings (SSSR count). The summed E-state index contributed by atoms with van der Waals surface area (Å²) in [5, 5.41) is 3.91. The van der Waals surface area contributed by atoms with Crippen LogP contribution in [-0.4, -0.2) is 5.16 Å². The lowest BCUT2D eigenvalue weighted by molar-refractivity contribution is 0.393. The highest BCUT2D eigenvalue weighted by atomic mass is 19.1. The van der Waals surface area contributed by atoms with Crippen molar-refractivity contribution >= 4 is 0 Å². The Kier molecular flexibility index (Phi) is 3.24. The first kappa shape index (κ1) is 12.8. The summed E-state index contributed by atoms with van der Waals surface area (Å²) in [4.78, 5) is 0. The number of aromatic nitrogens is 1. The van der Waals surface area contributed by atoms with Gasteiger partial charge in [0.05, 0.1) is 5.69 Å². The Morgan fingerprint density at radius 1 is 1.17 bits per heavy atom. The third-order valence-electron chi connectivity index (χ3n) is 3.24. The van der Waals surface area contributed by atoms with Crippen molar-refractivity contribution in [2.24, 2.45) is 0 Å². The van der Waals surface area contributed by atoms with Gasteiger partial charge in [-0.3, -0.25) is 0 Å². The predicted molar refractivity (Wildman–Crippen MR) is 70.2 cm³/mol. The van der Waals surface area contributed by atoms with Crippen molar-refractivity contribution in [1.29, 1.82) is 0 Å². The van der Waals surface area contributed by atoms with Gasteiger partial charge < -0.3 is 4.52 Å². The van der Waals surface area contributed by atoms with Gasteiger partial charge in [-0.15, -0.1) is 0 Å². The summed E-state index contributed by atoms with van der Waals surface area (Å²) in [6, 6.07) is 3.58. The minimum absolute atomic E-state index is 0.153. The third-order valence-corrected chi connectivity index (χ3v) is 3.24. The maximum absolute atomic E-state index is 14.2. The number of benzene rings is 1. The van der Waals surface area contributed by atoms with Gasteiger partial charge in [0.25, 0.3) is 0 Å². The molecule has 0 saturated carbocycles. The molecule has 0 N–H and O–H groups in total. The molecule has 0 spiro atoms. The SMILES string of the molecule is Cc1cc(-c2c(C)noc2C)cc(F)c1C(C)C. The van der Waals surface area contributed by atoms with Crippen LogP contribution < -0.4 is 0 Å². The fourth-order valence-electron chi connectivity index (χ4n) is 2.53. The molecular weight excluding hydrogens is 229 g/mol. The lowest BCUT2D eigenvalue weighted by atomic mass is 9.93. The molecule has 1 aromatic heterocycles. The Morgan fingerprint density at radius 2 is 1.83 bits per heavy atom. The number of hydrogen-bond acceptors (Lipinski definition) is 2. The first-order valence-electron chi connectivity index (χ1n) is 6.15. The number of hydrogen-bond donors (Lipinski definition) is 0. The van der Waals surface area contributed by atoms with E-state index in [1.807, 2.05) is 40.7 Å². The van der Waals surface area contributed by atoms with E-state index in [0.717, 1.165) is 33.7 Å². The molecule has 0 bridgehead atoms. The van der Waals surface area contributed by atoms with Crippen LogP contribution in [0.5, 0.6) is 0 Å². The molecule has 0 atom stereocenters. The molecule has 0 aliphatic rings. The molecule has 2 aromatic rings. The van der Waals surface area contributed by atoms with Crippen LogP contribution in [0.1, 0.15) is 42.3 Å². The average Bonchev–Trinajstić information content (AvgIpc) is 2.56. The zero-order valence-electron chi connectivity index (χ0n) is 11.5. The largest absolute Gasteiger partial charge is 0.361 e. The lowest BCUT2D eigenvalue weighted by Gasteiger charge is -2.13. The molecule has 0 fully saturated rings. The molecule has 0 radical (unpaired) electrons. The predicted octanol–water partition coefficient (Wildman–Crippen LogP) is 4.53. The smallest absolute Gasteiger partial charge is 0.141 e. The van der Waals surface area contributed by atoms with Crippen molar-refractivity contribution in [1.82, 2.24) is 5.16 Å². The van der Waals surface area contributed by atoms with Gasteiger partial charge in [-0.1, -0.05) is 25.1 Å². The van der Waals surface area contributed by atoms with E-state index in [2.05, 4.69) is 5.16 Å². The standard InChI is InChI=1S/C15H18FNO/c1-8(2)14-9(3)6-12(7-13(14)16)15-10(4)17-18-11(15)5/h6-8H,1-5H3. The van der Waals surface area contributed by atoms with Gasteiger partial charge in [-0.05, 0) is 49.4 Å². The van der Waals surface area contributed by atoms with E-state index in [1.165, 1.54) is 0 Å². The van der Waals surface area contributed by atoms with E-state index in [-0.39, 0.29) is 11.7 Å².